The van der Waals surface area contributed by atoms with Gasteiger partial charge in [0, 0.05) is 19.4 Å². The van der Waals surface area contributed by atoms with E-state index >= 15 is 0 Å². The maximum atomic E-state index is 6.65. The zero-order valence-corrected chi connectivity index (χ0v) is 27.2. The Morgan fingerprint density at radius 1 is 0.677 bits per heavy atom. The highest BCUT2D eigenvalue weighted by molar-refractivity contribution is 6.91. The molecule has 0 atom stereocenters. The third-order valence-corrected chi connectivity index (χ3v) is 22.2. The first kappa shape index (κ1) is 29.5. The molecule has 0 aliphatic carbocycles. The van der Waals surface area contributed by atoms with Crippen LogP contribution in [-0.4, -0.2) is 77.8 Å². The van der Waals surface area contributed by atoms with Crippen molar-refractivity contribution in [2.45, 2.75) is 52.4 Å². The summed E-state index contributed by atoms with van der Waals surface area (Å²) in [5, 5.41) is 0.830. The van der Waals surface area contributed by atoms with Gasteiger partial charge < -0.3 is 33.5 Å². The van der Waals surface area contributed by atoms with Gasteiger partial charge in [0.1, 0.15) is 0 Å². The van der Waals surface area contributed by atoms with Crippen LogP contribution in [0.1, 0.15) is 0 Å². The molecular formula is C16H35O8Si7. The first-order valence-electron chi connectivity index (χ1n) is 9.83. The van der Waals surface area contributed by atoms with Gasteiger partial charge in [-0.1, -0.05) is 30.3 Å². The lowest BCUT2D eigenvalue weighted by molar-refractivity contribution is 0.210. The summed E-state index contributed by atoms with van der Waals surface area (Å²) in [6.07, 6.45) is 0. The van der Waals surface area contributed by atoms with Crippen molar-refractivity contribution < 1.29 is 33.5 Å². The highest BCUT2D eigenvalue weighted by Crippen LogP contribution is 2.25. The van der Waals surface area contributed by atoms with Gasteiger partial charge in [-0.05, 0) is 52.4 Å². The fraction of sp³-hybridized carbons (Fsp3) is 0.625. The van der Waals surface area contributed by atoms with E-state index in [1.165, 1.54) is 0 Å². The van der Waals surface area contributed by atoms with Gasteiger partial charge in [0.2, 0.25) is 0 Å². The zero-order chi connectivity index (χ0) is 23.8. The molecule has 0 fully saturated rings. The van der Waals surface area contributed by atoms with Gasteiger partial charge in [-0.15, -0.1) is 0 Å². The number of hydrogen-bond donors (Lipinski definition) is 0. The van der Waals surface area contributed by atoms with E-state index in [2.05, 4.69) is 26.2 Å². The Hall–Kier alpha value is 0.418. The van der Waals surface area contributed by atoms with Crippen LogP contribution in [0.3, 0.4) is 0 Å². The molecule has 0 N–H and O–H groups in total. The van der Waals surface area contributed by atoms with Crippen molar-refractivity contribution >= 4 is 68.7 Å². The van der Waals surface area contributed by atoms with Gasteiger partial charge in [0.15, 0.2) is 9.04 Å². The number of benzene rings is 1. The molecule has 0 saturated heterocycles. The first-order valence-corrected chi connectivity index (χ1v) is 24.1. The van der Waals surface area contributed by atoms with Gasteiger partial charge in [-0.25, -0.2) is 0 Å². The van der Waals surface area contributed by atoms with Gasteiger partial charge >= 0.3 is 54.5 Å². The second-order valence-corrected chi connectivity index (χ2v) is 26.2. The minimum atomic E-state index is -3.37. The summed E-state index contributed by atoms with van der Waals surface area (Å²) in [4.78, 5) is 0. The van der Waals surface area contributed by atoms with Crippen molar-refractivity contribution in [1.82, 2.24) is 0 Å². The van der Waals surface area contributed by atoms with Crippen molar-refractivity contribution in [3.8, 4) is 0 Å². The predicted molar refractivity (Wildman–Crippen MR) is 134 cm³/mol. The van der Waals surface area contributed by atoms with E-state index in [-0.39, 0.29) is 20.0 Å². The standard InChI is InChI=1S/C16H35O8Si7/c1-17-25-19-31(20-26-18-2,16-14-12-11-13-15-16)24-30(9,10)23-29(7,8)22-28(5,6)21-27(3)4/h11-15H,1-10H3. The van der Waals surface area contributed by atoms with E-state index in [1.54, 1.807) is 14.2 Å². The average Bonchev–Trinajstić information content (AvgIpc) is 2.61. The molecular weight excluding hydrogens is 517 g/mol. The van der Waals surface area contributed by atoms with Crippen LogP contribution in [0.4, 0.5) is 0 Å². The third kappa shape index (κ3) is 10.9. The summed E-state index contributed by atoms with van der Waals surface area (Å²) in [5.41, 5.74) is 0. The first-order chi connectivity index (χ1) is 14.3. The van der Waals surface area contributed by atoms with Crippen LogP contribution in [0.5, 0.6) is 0 Å². The van der Waals surface area contributed by atoms with Crippen molar-refractivity contribution in [3.63, 3.8) is 0 Å². The quantitative estimate of drug-likeness (QED) is 0.308. The summed E-state index contributed by atoms with van der Waals surface area (Å²) in [6.45, 7) is 16.4. The van der Waals surface area contributed by atoms with Crippen LogP contribution in [0, 0.1) is 0 Å². The number of hydrogen-bond acceptors (Lipinski definition) is 8. The maximum Gasteiger partial charge on any atom is 0.510 e. The summed E-state index contributed by atoms with van der Waals surface area (Å²) in [6, 6.07) is 9.66. The molecule has 8 nitrogen and oxygen atoms in total. The third-order valence-electron chi connectivity index (χ3n) is 3.46. The van der Waals surface area contributed by atoms with Crippen LogP contribution in [-0.2, 0) is 33.5 Å². The Labute approximate surface area is 198 Å². The zero-order valence-electron chi connectivity index (χ0n) is 20.2. The van der Waals surface area contributed by atoms with Gasteiger partial charge in [0.25, 0.3) is 0 Å². The Morgan fingerprint density at radius 2 is 1.13 bits per heavy atom. The van der Waals surface area contributed by atoms with Gasteiger partial charge in [0.05, 0.1) is 0 Å². The molecule has 0 aliphatic heterocycles. The Bertz CT molecular complexity index is 640. The van der Waals surface area contributed by atoms with Crippen molar-refractivity contribution in [1.29, 1.82) is 0 Å². The summed E-state index contributed by atoms with van der Waals surface area (Å²) in [7, 11) is -9.20. The predicted octanol–water partition coefficient (Wildman–Crippen LogP) is 2.65. The number of rotatable bonds is 15. The lowest BCUT2D eigenvalue weighted by Gasteiger charge is -2.41. The molecule has 1 aromatic rings. The van der Waals surface area contributed by atoms with Gasteiger partial charge in [-0.2, -0.15) is 0 Å². The highest BCUT2D eigenvalue weighted by atomic mass is 28.5. The smallest absolute Gasteiger partial charge is 0.437 e. The molecule has 1 aromatic carbocycles. The summed E-state index contributed by atoms with van der Waals surface area (Å²) in [5.74, 6) is 0. The molecule has 0 aromatic heterocycles. The molecule has 5 radical (unpaired) electrons. The lowest BCUT2D eigenvalue weighted by Crippen LogP contribution is -2.65. The van der Waals surface area contributed by atoms with E-state index in [4.69, 9.17) is 33.5 Å². The molecule has 0 bridgehead atoms. The monoisotopic (exact) mass is 551 g/mol. The van der Waals surface area contributed by atoms with Crippen molar-refractivity contribution in [2.75, 3.05) is 14.2 Å². The van der Waals surface area contributed by atoms with Gasteiger partial charge in [-0.3, -0.25) is 0 Å². The molecule has 0 amide bonds. The molecule has 1 rings (SSSR count). The normalized spacial score (nSPS) is 13.8. The molecule has 31 heavy (non-hydrogen) atoms. The average molecular weight is 552 g/mol. The second kappa shape index (κ2) is 12.8. The minimum Gasteiger partial charge on any atom is -0.437 e. The van der Waals surface area contributed by atoms with E-state index in [9.17, 15) is 0 Å². The fourth-order valence-electron chi connectivity index (χ4n) is 3.14. The van der Waals surface area contributed by atoms with Crippen LogP contribution in [0.25, 0.3) is 0 Å². The minimum absolute atomic E-state index is 0.237. The fourth-order valence-corrected chi connectivity index (χ4v) is 25.9. The lowest BCUT2D eigenvalue weighted by atomic mass is 10.4. The van der Waals surface area contributed by atoms with Crippen LogP contribution in [0.2, 0.25) is 52.4 Å². The van der Waals surface area contributed by atoms with E-state index in [0.717, 1.165) is 5.19 Å². The Kier molecular flexibility index (Phi) is 12.1. The molecule has 15 heteroatoms. The second-order valence-electron chi connectivity index (χ2n) is 8.22. The summed E-state index contributed by atoms with van der Waals surface area (Å²) < 4.78 is 48.5. The Morgan fingerprint density at radius 3 is 1.58 bits per heavy atom. The molecule has 0 heterocycles. The van der Waals surface area contributed by atoms with E-state index in [0.29, 0.717) is 0 Å². The molecule has 0 aliphatic rings. The van der Waals surface area contributed by atoms with Crippen LogP contribution in [0.15, 0.2) is 30.3 Å². The van der Waals surface area contributed by atoms with Crippen LogP contribution >= 0.6 is 0 Å². The van der Waals surface area contributed by atoms with E-state index < -0.39 is 43.5 Å². The van der Waals surface area contributed by atoms with Crippen molar-refractivity contribution in [2.24, 2.45) is 0 Å². The SMILES string of the molecule is CO[Si]O[Si](O[Si]OC)(O[Si](C)(C)O[Si](C)(C)O[Si](C)(C)O[Si](C)C)c1ccccc1. The molecule has 0 spiro atoms. The van der Waals surface area contributed by atoms with Crippen molar-refractivity contribution in [3.05, 3.63) is 30.3 Å². The Balaban J connectivity index is 3.15. The largest absolute Gasteiger partial charge is 0.510 e. The maximum absolute atomic E-state index is 6.65. The molecule has 0 saturated carbocycles. The van der Waals surface area contributed by atoms with E-state index in [1.807, 2.05) is 56.5 Å². The molecule has 175 valence electrons. The summed E-state index contributed by atoms with van der Waals surface area (Å²) >= 11 is 0. The molecule has 0 unspecified atom stereocenters. The van der Waals surface area contributed by atoms with Crippen LogP contribution < -0.4 is 5.19 Å². The highest BCUT2D eigenvalue weighted by Gasteiger charge is 2.52. The topological polar surface area (TPSA) is 73.8 Å².